The van der Waals surface area contributed by atoms with Crippen LogP contribution in [0.1, 0.15) is 39.7 Å². The van der Waals surface area contributed by atoms with E-state index in [9.17, 15) is 18.8 Å². The van der Waals surface area contributed by atoms with E-state index in [1.54, 1.807) is 36.4 Å². The van der Waals surface area contributed by atoms with Crippen LogP contribution in [0.25, 0.3) is 0 Å². The number of benzene rings is 2. The number of nitrogens with zero attached hydrogens (tertiary/aromatic N) is 2. The normalized spacial score (nSPS) is 17.6. The van der Waals surface area contributed by atoms with Crippen LogP contribution in [-0.4, -0.2) is 29.5 Å². The van der Waals surface area contributed by atoms with Crippen LogP contribution in [-0.2, 0) is 24.3 Å². The van der Waals surface area contributed by atoms with Crippen LogP contribution in [0.15, 0.2) is 82.2 Å². The summed E-state index contributed by atoms with van der Waals surface area (Å²) >= 11 is 6.17. The third-order valence-corrected chi connectivity index (χ3v) is 8.11. The predicted molar refractivity (Wildman–Crippen MR) is 154 cm³/mol. The highest BCUT2D eigenvalue weighted by Crippen LogP contribution is 2.39. The molecule has 0 radical (unpaired) electrons. The Balaban J connectivity index is 1.29. The molecule has 0 aliphatic carbocycles. The molecule has 2 bridgehead atoms. The van der Waals surface area contributed by atoms with Crippen molar-refractivity contribution in [1.29, 1.82) is 0 Å². The van der Waals surface area contributed by atoms with E-state index in [2.05, 4.69) is 15.5 Å². The molecule has 0 unspecified atom stereocenters. The van der Waals surface area contributed by atoms with Gasteiger partial charge in [-0.15, -0.1) is 0 Å². The number of fused-ring (bicyclic) bond motifs is 4. The molecule has 2 aromatic carbocycles. The Morgan fingerprint density at radius 2 is 1.88 bits per heavy atom. The smallest absolute Gasteiger partial charge is 0.251 e. The number of hydrogen-bond donors (Lipinski definition) is 2. The maximum atomic E-state index is 14.4. The largest absolute Gasteiger partial charge is 0.467 e. The fourth-order valence-electron chi connectivity index (χ4n) is 5.89. The molecule has 1 fully saturated rings. The number of carbonyl (C=O) groups excluding carboxylic acids is 2. The average Bonchev–Trinajstić information content (AvgIpc) is 3.48. The van der Waals surface area contributed by atoms with Gasteiger partial charge in [-0.1, -0.05) is 23.7 Å². The van der Waals surface area contributed by atoms with Crippen LogP contribution in [0, 0.1) is 11.7 Å². The van der Waals surface area contributed by atoms with Gasteiger partial charge in [0.1, 0.15) is 11.6 Å². The second-order valence-electron chi connectivity index (χ2n) is 10.5. The number of furan rings is 1. The van der Waals surface area contributed by atoms with Crippen molar-refractivity contribution >= 4 is 34.8 Å². The molecular formula is C31H28ClFN4O4. The lowest BCUT2D eigenvalue weighted by molar-refractivity contribution is -0.115. The molecule has 8 nitrogen and oxygen atoms in total. The number of amides is 2. The first kappa shape index (κ1) is 26.8. The molecule has 10 heteroatoms. The SMILES string of the molecule is O=C(Cc1c(F)cccc1Cl)Nc1cc(C(=O)NCc2ccco2)ccc1N1C[C@H]2C[C@@H](C1)c1cccc(=O)n1C2. The van der Waals surface area contributed by atoms with Gasteiger partial charge in [0, 0.05) is 53.5 Å². The molecule has 2 aliphatic heterocycles. The molecular weight excluding hydrogens is 547 g/mol. The molecule has 2 aromatic heterocycles. The monoisotopic (exact) mass is 574 g/mol. The third kappa shape index (κ3) is 5.63. The maximum absolute atomic E-state index is 14.4. The molecule has 6 rings (SSSR count). The first-order valence-electron chi connectivity index (χ1n) is 13.5. The summed E-state index contributed by atoms with van der Waals surface area (Å²) in [5.74, 6) is -0.335. The molecule has 2 atom stereocenters. The fourth-order valence-corrected chi connectivity index (χ4v) is 6.11. The van der Waals surface area contributed by atoms with E-state index in [1.165, 1.54) is 24.5 Å². The number of pyridine rings is 1. The summed E-state index contributed by atoms with van der Waals surface area (Å²) in [4.78, 5) is 40.8. The van der Waals surface area contributed by atoms with E-state index in [0.717, 1.165) is 17.8 Å². The van der Waals surface area contributed by atoms with Crippen molar-refractivity contribution in [1.82, 2.24) is 9.88 Å². The molecule has 210 valence electrons. The van der Waals surface area contributed by atoms with Crippen molar-refractivity contribution in [3.63, 3.8) is 0 Å². The van der Waals surface area contributed by atoms with Crippen molar-refractivity contribution in [2.45, 2.75) is 31.8 Å². The van der Waals surface area contributed by atoms with Gasteiger partial charge in [-0.05, 0) is 60.9 Å². The zero-order valence-electron chi connectivity index (χ0n) is 22.1. The molecule has 2 N–H and O–H groups in total. The average molecular weight is 575 g/mol. The van der Waals surface area contributed by atoms with Crippen LogP contribution in [0.3, 0.4) is 0 Å². The first-order valence-corrected chi connectivity index (χ1v) is 13.9. The van der Waals surface area contributed by atoms with Crippen molar-refractivity contribution in [2.75, 3.05) is 23.3 Å². The Hall–Kier alpha value is -4.37. The fraction of sp³-hybridized carbons (Fsp3) is 0.258. The Kier molecular flexibility index (Phi) is 7.36. The molecule has 1 saturated heterocycles. The van der Waals surface area contributed by atoms with E-state index in [-0.39, 0.29) is 46.9 Å². The van der Waals surface area contributed by atoms with E-state index in [1.807, 2.05) is 16.7 Å². The summed E-state index contributed by atoms with van der Waals surface area (Å²) in [6.07, 6.45) is 2.25. The van der Waals surface area contributed by atoms with Crippen LogP contribution in [0.5, 0.6) is 0 Å². The van der Waals surface area contributed by atoms with Gasteiger partial charge < -0.3 is 24.5 Å². The van der Waals surface area contributed by atoms with Crippen LogP contribution in [0.2, 0.25) is 5.02 Å². The van der Waals surface area contributed by atoms with Gasteiger partial charge in [-0.3, -0.25) is 14.4 Å². The molecule has 0 saturated carbocycles. The minimum Gasteiger partial charge on any atom is -0.467 e. The van der Waals surface area contributed by atoms with E-state index in [4.69, 9.17) is 16.0 Å². The predicted octanol–water partition coefficient (Wildman–Crippen LogP) is 4.97. The summed E-state index contributed by atoms with van der Waals surface area (Å²) in [5.41, 5.74) is 2.67. The summed E-state index contributed by atoms with van der Waals surface area (Å²) in [6, 6.07) is 18.4. The number of carbonyl (C=O) groups is 2. The highest BCUT2D eigenvalue weighted by molar-refractivity contribution is 6.31. The summed E-state index contributed by atoms with van der Waals surface area (Å²) in [6.45, 7) is 2.17. The molecule has 4 heterocycles. The van der Waals surface area contributed by atoms with E-state index >= 15 is 0 Å². The van der Waals surface area contributed by atoms with Crippen LogP contribution < -0.4 is 21.1 Å². The van der Waals surface area contributed by atoms with E-state index < -0.39 is 11.7 Å². The number of piperidine rings is 1. The van der Waals surface area contributed by atoms with Gasteiger partial charge >= 0.3 is 0 Å². The second-order valence-corrected chi connectivity index (χ2v) is 10.9. The van der Waals surface area contributed by atoms with Gasteiger partial charge in [0.25, 0.3) is 11.5 Å². The lowest BCUT2D eigenvalue weighted by atomic mass is 9.83. The molecule has 2 aliphatic rings. The Morgan fingerprint density at radius 3 is 2.68 bits per heavy atom. The standard InChI is InChI=1S/C31H28ClFN4O4/c32-24-5-1-6-25(33)23(24)14-29(38)35-26-13-20(31(40)34-15-22-4-3-11-41-22)9-10-28(26)36-16-19-12-21(18-36)27-7-2-8-30(39)37(27)17-19/h1-11,13,19,21H,12,14-18H2,(H,34,40)(H,35,38)/t19-,21+/m1/s1. The molecule has 2 amide bonds. The van der Waals surface area contributed by atoms with Crippen LogP contribution in [0.4, 0.5) is 15.8 Å². The Morgan fingerprint density at radius 1 is 1.02 bits per heavy atom. The lowest BCUT2D eigenvalue weighted by Crippen LogP contribution is -2.47. The summed E-state index contributed by atoms with van der Waals surface area (Å²) < 4.78 is 21.6. The molecule has 4 aromatic rings. The maximum Gasteiger partial charge on any atom is 0.251 e. The van der Waals surface area contributed by atoms with Gasteiger partial charge in [0.05, 0.1) is 30.6 Å². The van der Waals surface area contributed by atoms with Gasteiger partial charge in [0.15, 0.2) is 0 Å². The van der Waals surface area contributed by atoms with Crippen molar-refractivity contribution < 1.29 is 18.4 Å². The van der Waals surface area contributed by atoms with Gasteiger partial charge in [0.2, 0.25) is 5.91 Å². The number of rotatable bonds is 7. The van der Waals surface area contributed by atoms with Crippen molar-refractivity contribution in [3.8, 4) is 0 Å². The summed E-state index contributed by atoms with van der Waals surface area (Å²) in [7, 11) is 0. The van der Waals surface area contributed by atoms with E-state index in [0.29, 0.717) is 36.6 Å². The highest BCUT2D eigenvalue weighted by Gasteiger charge is 2.35. The number of aromatic nitrogens is 1. The lowest BCUT2D eigenvalue weighted by Gasteiger charge is -2.44. The quantitative estimate of drug-likeness (QED) is 0.325. The number of nitrogens with one attached hydrogen (secondary N) is 2. The summed E-state index contributed by atoms with van der Waals surface area (Å²) in [5, 5.41) is 5.91. The molecule has 41 heavy (non-hydrogen) atoms. The van der Waals surface area contributed by atoms with Gasteiger partial charge in [-0.25, -0.2) is 4.39 Å². The number of hydrogen-bond acceptors (Lipinski definition) is 5. The molecule has 0 spiro atoms. The first-order chi connectivity index (χ1) is 19.9. The zero-order valence-corrected chi connectivity index (χ0v) is 22.9. The minimum atomic E-state index is -0.559. The third-order valence-electron chi connectivity index (χ3n) is 7.76. The van der Waals surface area contributed by atoms with Crippen molar-refractivity contribution in [3.05, 3.63) is 117 Å². The Bertz CT molecular complexity index is 1650. The minimum absolute atomic E-state index is 0.00956. The number of anilines is 2. The second kappa shape index (κ2) is 11.2. The number of halogens is 2. The van der Waals surface area contributed by atoms with Crippen LogP contribution >= 0.6 is 11.6 Å². The Labute approximate surface area is 240 Å². The highest BCUT2D eigenvalue weighted by atomic mass is 35.5. The topological polar surface area (TPSA) is 96.6 Å². The van der Waals surface area contributed by atoms with Crippen molar-refractivity contribution in [2.24, 2.45) is 5.92 Å². The zero-order chi connectivity index (χ0) is 28.5. The van der Waals surface area contributed by atoms with Gasteiger partial charge in [-0.2, -0.15) is 0 Å².